The molecule has 24 heavy (non-hydrogen) atoms. The van der Waals surface area contributed by atoms with Crippen LogP contribution in [0, 0.1) is 13.8 Å². The van der Waals surface area contributed by atoms with E-state index >= 15 is 0 Å². The molecular formula is C18H24N4OS. The minimum absolute atomic E-state index is 0.0739. The highest BCUT2D eigenvalue weighted by atomic mass is 32.1. The van der Waals surface area contributed by atoms with Gasteiger partial charge >= 0.3 is 0 Å². The second kappa shape index (κ2) is 7.30. The molecule has 0 saturated carbocycles. The summed E-state index contributed by atoms with van der Waals surface area (Å²) in [6, 6.07) is 6.30. The topological polar surface area (TPSA) is 58.1 Å². The minimum atomic E-state index is -0.0739. The maximum atomic E-state index is 12.4. The predicted molar refractivity (Wildman–Crippen MR) is 97.6 cm³/mol. The fourth-order valence-electron chi connectivity index (χ4n) is 3.11. The van der Waals surface area contributed by atoms with Crippen molar-refractivity contribution in [2.24, 2.45) is 0 Å². The van der Waals surface area contributed by atoms with Gasteiger partial charge in [0.25, 0.3) is 0 Å². The Morgan fingerprint density at radius 1 is 1.33 bits per heavy atom. The van der Waals surface area contributed by atoms with Crippen LogP contribution < -0.4 is 10.2 Å². The van der Waals surface area contributed by atoms with Gasteiger partial charge in [0.15, 0.2) is 0 Å². The number of nitrogens with one attached hydrogen (secondary N) is 1. The van der Waals surface area contributed by atoms with Gasteiger partial charge in [-0.3, -0.25) is 4.79 Å². The van der Waals surface area contributed by atoms with Crippen LogP contribution in [0.15, 0.2) is 23.6 Å². The lowest BCUT2D eigenvalue weighted by Crippen LogP contribution is -2.46. The zero-order chi connectivity index (χ0) is 17.1. The molecule has 3 rings (SSSR count). The Hall–Kier alpha value is -1.95. The van der Waals surface area contributed by atoms with Crippen LogP contribution >= 0.6 is 11.3 Å². The molecule has 1 fully saturated rings. The molecule has 1 atom stereocenters. The fourth-order valence-corrected chi connectivity index (χ4v) is 3.89. The summed E-state index contributed by atoms with van der Waals surface area (Å²) in [6.45, 7) is 7.72. The molecule has 1 N–H and O–H groups in total. The average molecular weight is 344 g/mol. The van der Waals surface area contributed by atoms with Gasteiger partial charge in [0.05, 0.1) is 5.92 Å². The van der Waals surface area contributed by atoms with Crippen LogP contribution in [0.3, 0.4) is 0 Å². The van der Waals surface area contributed by atoms with Gasteiger partial charge in [0, 0.05) is 35.8 Å². The number of aryl methyl sites for hydroxylation is 2. The minimum Gasteiger partial charge on any atom is -0.356 e. The second-order valence-electron chi connectivity index (χ2n) is 6.42. The summed E-state index contributed by atoms with van der Waals surface area (Å²) in [6.07, 6.45) is 1.90. The molecule has 0 radical (unpaired) electrons. The van der Waals surface area contributed by atoms with E-state index in [-0.39, 0.29) is 17.9 Å². The van der Waals surface area contributed by atoms with E-state index in [1.165, 1.54) is 0 Å². The Balaban J connectivity index is 1.54. The third kappa shape index (κ3) is 3.93. The van der Waals surface area contributed by atoms with Gasteiger partial charge in [0.1, 0.15) is 11.6 Å². The number of hydrogen-bond acceptors (Lipinski definition) is 5. The van der Waals surface area contributed by atoms with Crippen LogP contribution in [0.25, 0.3) is 0 Å². The SMILES string of the molecule is Cc1cc(N2CCC(NC(=O)[C@@H](C)c3cccs3)CC2)nc(C)n1. The molecule has 1 aliphatic heterocycles. The fraction of sp³-hybridized carbons (Fsp3) is 0.500. The monoisotopic (exact) mass is 344 g/mol. The normalized spacial score (nSPS) is 16.9. The molecule has 0 bridgehead atoms. The van der Waals surface area contributed by atoms with Gasteiger partial charge in [0.2, 0.25) is 5.91 Å². The highest BCUT2D eigenvalue weighted by molar-refractivity contribution is 7.10. The van der Waals surface area contributed by atoms with Crippen molar-refractivity contribution in [1.82, 2.24) is 15.3 Å². The number of amides is 1. The Bertz CT molecular complexity index is 673. The summed E-state index contributed by atoms with van der Waals surface area (Å²) in [5.74, 6) is 1.86. The molecule has 5 nitrogen and oxygen atoms in total. The molecule has 3 heterocycles. The molecule has 0 aliphatic carbocycles. The van der Waals surface area contributed by atoms with E-state index < -0.39 is 0 Å². The summed E-state index contributed by atoms with van der Waals surface area (Å²) in [7, 11) is 0. The van der Waals surface area contributed by atoms with E-state index in [0.29, 0.717) is 0 Å². The van der Waals surface area contributed by atoms with Gasteiger partial charge in [-0.15, -0.1) is 11.3 Å². The first-order chi connectivity index (χ1) is 11.5. The van der Waals surface area contributed by atoms with Gasteiger partial charge in [-0.25, -0.2) is 9.97 Å². The van der Waals surface area contributed by atoms with Crippen LogP contribution in [-0.4, -0.2) is 35.0 Å². The molecular weight excluding hydrogens is 320 g/mol. The standard InChI is InChI=1S/C18H24N4OS/c1-12-11-17(20-14(3)19-12)22-8-6-15(7-9-22)21-18(23)13(2)16-5-4-10-24-16/h4-5,10-11,13,15H,6-9H2,1-3H3,(H,21,23)/t13-/m0/s1. The Labute approximate surface area is 147 Å². The largest absolute Gasteiger partial charge is 0.356 e. The number of rotatable bonds is 4. The molecule has 1 saturated heterocycles. The Morgan fingerprint density at radius 2 is 2.08 bits per heavy atom. The third-order valence-corrected chi connectivity index (χ3v) is 5.54. The summed E-state index contributed by atoms with van der Waals surface area (Å²) < 4.78 is 0. The molecule has 0 unspecified atom stereocenters. The number of anilines is 1. The van der Waals surface area contributed by atoms with E-state index in [1.807, 2.05) is 44.4 Å². The number of carbonyl (C=O) groups excluding carboxylic acids is 1. The summed E-state index contributed by atoms with van der Waals surface area (Å²) in [5, 5.41) is 5.23. The van der Waals surface area contributed by atoms with Crippen molar-refractivity contribution in [3.63, 3.8) is 0 Å². The molecule has 1 aliphatic rings. The number of carbonyl (C=O) groups is 1. The van der Waals surface area contributed by atoms with Gasteiger partial charge in [-0.05, 0) is 45.1 Å². The molecule has 0 aromatic carbocycles. The smallest absolute Gasteiger partial charge is 0.228 e. The first kappa shape index (κ1) is 16.9. The molecule has 6 heteroatoms. The Kier molecular flexibility index (Phi) is 5.14. The number of thiophene rings is 1. The molecule has 0 spiro atoms. The van der Waals surface area contributed by atoms with E-state index in [9.17, 15) is 4.79 Å². The zero-order valence-corrected chi connectivity index (χ0v) is 15.3. The molecule has 128 valence electrons. The maximum Gasteiger partial charge on any atom is 0.228 e. The number of aromatic nitrogens is 2. The Morgan fingerprint density at radius 3 is 2.71 bits per heavy atom. The first-order valence-electron chi connectivity index (χ1n) is 8.44. The van der Waals surface area contributed by atoms with E-state index in [4.69, 9.17) is 0 Å². The van der Waals surface area contributed by atoms with Crippen molar-refractivity contribution in [2.45, 2.75) is 45.6 Å². The lowest BCUT2D eigenvalue weighted by Gasteiger charge is -2.33. The first-order valence-corrected chi connectivity index (χ1v) is 9.32. The van der Waals surface area contributed by atoms with Crippen molar-refractivity contribution in [1.29, 1.82) is 0 Å². The van der Waals surface area contributed by atoms with E-state index in [1.54, 1.807) is 11.3 Å². The lowest BCUT2D eigenvalue weighted by molar-refractivity contribution is -0.123. The van der Waals surface area contributed by atoms with Crippen molar-refractivity contribution in [2.75, 3.05) is 18.0 Å². The zero-order valence-electron chi connectivity index (χ0n) is 14.5. The maximum absolute atomic E-state index is 12.4. The third-order valence-electron chi connectivity index (χ3n) is 4.48. The summed E-state index contributed by atoms with van der Waals surface area (Å²) in [5.41, 5.74) is 0.998. The average Bonchev–Trinajstić information content (AvgIpc) is 3.08. The number of piperidine rings is 1. The molecule has 2 aromatic heterocycles. The van der Waals surface area contributed by atoms with Crippen LogP contribution in [0.5, 0.6) is 0 Å². The van der Waals surface area contributed by atoms with Crippen molar-refractivity contribution >= 4 is 23.1 Å². The number of nitrogens with zero attached hydrogens (tertiary/aromatic N) is 3. The quantitative estimate of drug-likeness (QED) is 0.926. The van der Waals surface area contributed by atoms with Crippen molar-refractivity contribution in [3.05, 3.63) is 40.0 Å². The van der Waals surface area contributed by atoms with E-state index in [0.717, 1.165) is 48.1 Å². The highest BCUT2D eigenvalue weighted by Crippen LogP contribution is 2.23. The van der Waals surface area contributed by atoms with Gasteiger partial charge in [-0.2, -0.15) is 0 Å². The highest BCUT2D eigenvalue weighted by Gasteiger charge is 2.24. The molecule has 2 aromatic rings. The van der Waals surface area contributed by atoms with Gasteiger partial charge in [-0.1, -0.05) is 6.07 Å². The van der Waals surface area contributed by atoms with Crippen LogP contribution in [0.4, 0.5) is 5.82 Å². The van der Waals surface area contributed by atoms with Crippen LogP contribution in [0.2, 0.25) is 0 Å². The predicted octanol–water partition coefficient (Wildman–Crippen LogP) is 3.04. The number of hydrogen-bond donors (Lipinski definition) is 1. The summed E-state index contributed by atoms with van der Waals surface area (Å²) in [4.78, 5) is 24.7. The van der Waals surface area contributed by atoms with Gasteiger partial charge < -0.3 is 10.2 Å². The molecule has 1 amide bonds. The van der Waals surface area contributed by atoms with Crippen LogP contribution in [-0.2, 0) is 4.79 Å². The summed E-state index contributed by atoms with van der Waals surface area (Å²) >= 11 is 1.64. The second-order valence-corrected chi connectivity index (χ2v) is 7.40. The van der Waals surface area contributed by atoms with E-state index in [2.05, 4.69) is 20.2 Å². The van der Waals surface area contributed by atoms with Crippen molar-refractivity contribution in [3.8, 4) is 0 Å². The lowest BCUT2D eigenvalue weighted by atomic mass is 10.0. The van der Waals surface area contributed by atoms with Crippen molar-refractivity contribution < 1.29 is 4.79 Å². The van der Waals surface area contributed by atoms with Crippen LogP contribution in [0.1, 0.15) is 42.1 Å².